The summed E-state index contributed by atoms with van der Waals surface area (Å²) in [5.41, 5.74) is 3.88. The second-order valence-electron chi connectivity index (χ2n) is 6.59. The van der Waals surface area contributed by atoms with Gasteiger partial charge in [-0.05, 0) is 25.1 Å². The standard InChI is InChI=1S/C20H18N2O6/c1-11-5-13(18-14(6-11)9-27-10-28-18)8-22-16-7-12(20(24)26-2)3-4-15(16)17(21-25)19(22)23/h3-7,25H,8-10H2,1-2H3/b21-17-. The van der Waals surface area contributed by atoms with Gasteiger partial charge in [-0.1, -0.05) is 22.9 Å². The molecule has 0 unspecified atom stereocenters. The quantitative estimate of drug-likeness (QED) is 0.497. The van der Waals surface area contributed by atoms with Gasteiger partial charge in [-0.3, -0.25) is 4.79 Å². The van der Waals surface area contributed by atoms with Crippen molar-refractivity contribution in [1.82, 2.24) is 0 Å². The van der Waals surface area contributed by atoms with E-state index in [0.29, 0.717) is 29.2 Å². The summed E-state index contributed by atoms with van der Waals surface area (Å²) in [6.07, 6.45) is 0. The van der Waals surface area contributed by atoms with Gasteiger partial charge in [0.05, 0.1) is 31.5 Å². The second-order valence-corrected chi connectivity index (χ2v) is 6.59. The lowest BCUT2D eigenvalue weighted by atomic mass is 10.0. The van der Waals surface area contributed by atoms with Gasteiger partial charge in [0.1, 0.15) is 5.75 Å². The number of fused-ring (bicyclic) bond motifs is 2. The molecule has 28 heavy (non-hydrogen) atoms. The van der Waals surface area contributed by atoms with Crippen LogP contribution in [0.1, 0.15) is 32.6 Å². The first-order valence-corrected chi connectivity index (χ1v) is 8.63. The first-order valence-electron chi connectivity index (χ1n) is 8.63. The topological polar surface area (TPSA) is 97.7 Å². The average molecular weight is 382 g/mol. The Balaban J connectivity index is 1.79. The number of amides is 1. The van der Waals surface area contributed by atoms with E-state index in [9.17, 15) is 14.8 Å². The molecule has 144 valence electrons. The van der Waals surface area contributed by atoms with Crippen LogP contribution in [0.25, 0.3) is 0 Å². The molecule has 0 fully saturated rings. The fraction of sp³-hybridized carbons (Fsp3) is 0.250. The summed E-state index contributed by atoms with van der Waals surface area (Å²) in [5, 5.41) is 12.5. The highest BCUT2D eigenvalue weighted by Crippen LogP contribution is 2.36. The molecule has 0 saturated heterocycles. The molecule has 2 aromatic carbocycles. The van der Waals surface area contributed by atoms with Crippen molar-refractivity contribution in [3.63, 3.8) is 0 Å². The van der Waals surface area contributed by atoms with Crippen molar-refractivity contribution < 1.29 is 29.0 Å². The van der Waals surface area contributed by atoms with Gasteiger partial charge in [-0.2, -0.15) is 0 Å². The second kappa shape index (κ2) is 6.97. The number of methoxy groups -OCH3 is 1. The minimum Gasteiger partial charge on any atom is -0.467 e. The van der Waals surface area contributed by atoms with E-state index in [1.54, 1.807) is 12.1 Å². The maximum Gasteiger partial charge on any atom is 0.337 e. The van der Waals surface area contributed by atoms with Crippen molar-refractivity contribution in [3.8, 4) is 5.75 Å². The largest absolute Gasteiger partial charge is 0.467 e. The van der Waals surface area contributed by atoms with Crippen molar-refractivity contribution in [3.05, 3.63) is 58.1 Å². The van der Waals surface area contributed by atoms with Crippen molar-refractivity contribution in [2.24, 2.45) is 5.16 Å². The number of rotatable bonds is 3. The number of anilines is 1. The summed E-state index contributed by atoms with van der Waals surface area (Å²) in [6, 6.07) is 8.58. The van der Waals surface area contributed by atoms with Crippen LogP contribution in [-0.2, 0) is 27.4 Å². The van der Waals surface area contributed by atoms with Gasteiger partial charge in [0, 0.05) is 16.7 Å². The normalized spacial score (nSPS) is 16.6. The molecule has 0 aliphatic carbocycles. The highest BCUT2D eigenvalue weighted by atomic mass is 16.7. The molecule has 0 radical (unpaired) electrons. The lowest BCUT2D eigenvalue weighted by Crippen LogP contribution is -2.30. The first kappa shape index (κ1) is 18.0. The van der Waals surface area contributed by atoms with Crippen LogP contribution in [0.4, 0.5) is 5.69 Å². The fourth-order valence-electron chi connectivity index (χ4n) is 3.57. The number of carbonyl (C=O) groups excluding carboxylic acids is 2. The third kappa shape index (κ3) is 2.87. The number of ether oxygens (including phenoxy) is 3. The van der Waals surface area contributed by atoms with Gasteiger partial charge in [-0.25, -0.2) is 4.79 Å². The number of aryl methyl sites for hydroxylation is 1. The van der Waals surface area contributed by atoms with Crippen LogP contribution >= 0.6 is 0 Å². The summed E-state index contributed by atoms with van der Waals surface area (Å²) in [6.45, 7) is 2.72. The van der Waals surface area contributed by atoms with Crippen molar-refractivity contribution in [2.45, 2.75) is 20.1 Å². The Morgan fingerprint density at radius 1 is 1.32 bits per heavy atom. The van der Waals surface area contributed by atoms with Crippen molar-refractivity contribution in [2.75, 3.05) is 18.8 Å². The molecule has 2 aliphatic rings. The van der Waals surface area contributed by atoms with E-state index < -0.39 is 11.9 Å². The smallest absolute Gasteiger partial charge is 0.337 e. The summed E-state index contributed by atoms with van der Waals surface area (Å²) < 4.78 is 15.8. The van der Waals surface area contributed by atoms with Crippen LogP contribution in [0.2, 0.25) is 0 Å². The summed E-state index contributed by atoms with van der Waals surface area (Å²) in [4.78, 5) is 26.2. The van der Waals surface area contributed by atoms with E-state index >= 15 is 0 Å². The molecular weight excluding hydrogens is 364 g/mol. The van der Waals surface area contributed by atoms with Gasteiger partial charge in [0.2, 0.25) is 0 Å². The Morgan fingerprint density at radius 3 is 2.89 bits per heavy atom. The third-order valence-electron chi connectivity index (χ3n) is 4.77. The molecule has 0 spiro atoms. The number of nitrogens with zero attached hydrogens (tertiary/aromatic N) is 2. The number of hydrogen-bond donors (Lipinski definition) is 1. The number of esters is 1. The number of benzene rings is 2. The molecule has 1 amide bonds. The lowest BCUT2D eigenvalue weighted by Gasteiger charge is -2.24. The van der Waals surface area contributed by atoms with E-state index in [2.05, 4.69) is 5.16 Å². The average Bonchev–Trinajstić information content (AvgIpc) is 2.97. The Bertz CT molecular complexity index is 1010. The minimum atomic E-state index is -0.516. The Morgan fingerprint density at radius 2 is 2.14 bits per heavy atom. The summed E-state index contributed by atoms with van der Waals surface area (Å²) >= 11 is 0. The zero-order valence-electron chi connectivity index (χ0n) is 15.4. The molecule has 0 aromatic heterocycles. The summed E-state index contributed by atoms with van der Waals surface area (Å²) in [7, 11) is 1.29. The molecule has 2 aliphatic heterocycles. The molecule has 2 heterocycles. The fourth-order valence-corrected chi connectivity index (χ4v) is 3.57. The Kier molecular flexibility index (Phi) is 4.48. The van der Waals surface area contributed by atoms with Crippen LogP contribution < -0.4 is 9.64 Å². The van der Waals surface area contributed by atoms with Crippen LogP contribution in [0.5, 0.6) is 5.75 Å². The monoisotopic (exact) mass is 382 g/mol. The van der Waals surface area contributed by atoms with E-state index in [1.165, 1.54) is 18.1 Å². The van der Waals surface area contributed by atoms with E-state index in [0.717, 1.165) is 16.7 Å². The zero-order chi connectivity index (χ0) is 19.8. The van der Waals surface area contributed by atoms with Gasteiger partial charge in [0.15, 0.2) is 12.5 Å². The van der Waals surface area contributed by atoms with E-state index in [1.807, 2.05) is 19.1 Å². The molecule has 0 atom stereocenters. The van der Waals surface area contributed by atoms with E-state index in [-0.39, 0.29) is 19.0 Å². The molecule has 0 bridgehead atoms. The van der Waals surface area contributed by atoms with Crippen LogP contribution in [0, 0.1) is 6.92 Å². The number of carbonyl (C=O) groups is 2. The molecular formula is C20H18N2O6. The maximum absolute atomic E-state index is 12.9. The SMILES string of the molecule is COC(=O)c1ccc2c(c1)N(Cc1cc(C)cc3c1OCOC3)C(=O)/C2=N\O. The number of hydrogen-bond acceptors (Lipinski definition) is 7. The predicted octanol–water partition coefficient (Wildman–Crippen LogP) is 2.37. The zero-order valence-corrected chi connectivity index (χ0v) is 15.4. The molecule has 2 aromatic rings. The van der Waals surface area contributed by atoms with Gasteiger partial charge in [-0.15, -0.1) is 0 Å². The molecule has 4 rings (SSSR count). The third-order valence-corrected chi connectivity index (χ3v) is 4.77. The van der Waals surface area contributed by atoms with Gasteiger partial charge >= 0.3 is 5.97 Å². The van der Waals surface area contributed by atoms with Crippen molar-refractivity contribution in [1.29, 1.82) is 0 Å². The van der Waals surface area contributed by atoms with Crippen molar-refractivity contribution >= 4 is 23.3 Å². The van der Waals surface area contributed by atoms with Crippen LogP contribution in [0.15, 0.2) is 35.5 Å². The highest BCUT2D eigenvalue weighted by Gasteiger charge is 2.36. The number of oxime groups is 1. The molecule has 1 N–H and O–H groups in total. The lowest BCUT2D eigenvalue weighted by molar-refractivity contribution is -0.112. The molecule has 8 heteroatoms. The Labute approximate surface area is 160 Å². The van der Waals surface area contributed by atoms with Crippen LogP contribution in [-0.4, -0.2) is 36.7 Å². The van der Waals surface area contributed by atoms with Crippen LogP contribution in [0.3, 0.4) is 0 Å². The highest BCUT2D eigenvalue weighted by molar-refractivity contribution is 6.54. The van der Waals surface area contributed by atoms with Gasteiger partial charge < -0.3 is 24.3 Å². The molecule has 0 saturated carbocycles. The summed E-state index contributed by atoms with van der Waals surface area (Å²) in [5.74, 6) is -0.287. The predicted molar refractivity (Wildman–Crippen MR) is 98.8 cm³/mol. The molecule has 8 nitrogen and oxygen atoms in total. The Hall–Kier alpha value is -3.39. The van der Waals surface area contributed by atoms with E-state index in [4.69, 9.17) is 14.2 Å². The minimum absolute atomic E-state index is 0.0720. The first-order chi connectivity index (χ1) is 13.5. The maximum atomic E-state index is 12.9. The van der Waals surface area contributed by atoms with Gasteiger partial charge in [0.25, 0.3) is 5.91 Å².